The van der Waals surface area contributed by atoms with Crippen molar-refractivity contribution in [3.8, 4) is 17.2 Å². The number of likely N-dealkylation sites (tertiary alicyclic amines) is 1. The SMILES string of the molecule is Oc1ccc2c(c1)OC[C@@H](c1c(F)c(F)c(F)c(F)c1F)[C@@H]2c1ccc(OCCN2CCCC2)cc1. The van der Waals surface area contributed by atoms with E-state index >= 15 is 0 Å². The van der Waals surface area contributed by atoms with Gasteiger partial charge in [-0.05, 0) is 49.7 Å². The maximum atomic E-state index is 14.8. The molecule has 1 saturated heterocycles. The molecule has 2 aliphatic rings. The summed E-state index contributed by atoms with van der Waals surface area (Å²) >= 11 is 0. The van der Waals surface area contributed by atoms with Gasteiger partial charge in [0.1, 0.15) is 23.9 Å². The van der Waals surface area contributed by atoms with E-state index in [9.17, 15) is 27.1 Å². The first-order valence-electron chi connectivity index (χ1n) is 11.8. The Labute approximate surface area is 204 Å². The Bertz CT molecular complexity index is 1230. The number of phenols is 1. The van der Waals surface area contributed by atoms with Crippen LogP contribution in [0.4, 0.5) is 22.0 Å². The number of nitrogens with zero attached hydrogens (tertiary/aromatic N) is 1. The van der Waals surface area contributed by atoms with E-state index in [1.807, 2.05) is 0 Å². The highest BCUT2D eigenvalue weighted by atomic mass is 19.2. The number of phenolic OH excluding ortho intramolecular Hbond substituents is 1. The highest BCUT2D eigenvalue weighted by molar-refractivity contribution is 5.51. The molecule has 0 spiro atoms. The summed E-state index contributed by atoms with van der Waals surface area (Å²) < 4.78 is 82.9. The number of fused-ring (bicyclic) bond motifs is 1. The highest BCUT2D eigenvalue weighted by Crippen LogP contribution is 2.48. The fourth-order valence-corrected chi connectivity index (χ4v) is 5.08. The van der Waals surface area contributed by atoms with Gasteiger partial charge in [-0.2, -0.15) is 0 Å². The highest BCUT2D eigenvalue weighted by Gasteiger charge is 2.39. The van der Waals surface area contributed by atoms with Crippen LogP contribution in [0.3, 0.4) is 0 Å². The molecule has 3 aromatic carbocycles. The Kier molecular flexibility index (Phi) is 6.75. The van der Waals surface area contributed by atoms with E-state index in [1.54, 1.807) is 24.3 Å². The number of ether oxygens (including phenoxy) is 2. The van der Waals surface area contributed by atoms with E-state index in [2.05, 4.69) is 4.90 Å². The molecule has 5 rings (SSSR count). The maximum Gasteiger partial charge on any atom is 0.200 e. The summed E-state index contributed by atoms with van der Waals surface area (Å²) in [5, 5.41) is 9.86. The maximum absolute atomic E-state index is 14.8. The first-order valence-corrected chi connectivity index (χ1v) is 11.8. The number of benzene rings is 3. The molecule has 0 radical (unpaired) electrons. The lowest BCUT2D eigenvalue weighted by molar-refractivity contribution is 0.235. The number of hydrogen-bond acceptors (Lipinski definition) is 4. The van der Waals surface area contributed by atoms with Crippen molar-refractivity contribution >= 4 is 0 Å². The van der Waals surface area contributed by atoms with Gasteiger partial charge in [-0.15, -0.1) is 0 Å². The van der Waals surface area contributed by atoms with E-state index in [0.29, 0.717) is 23.5 Å². The summed E-state index contributed by atoms with van der Waals surface area (Å²) in [6, 6.07) is 11.1. The third-order valence-corrected chi connectivity index (χ3v) is 6.88. The third-order valence-electron chi connectivity index (χ3n) is 6.88. The minimum absolute atomic E-state index is 0.0797. The van der Waals surface area contributed by atoms with Crippen molar-refractivity contribution in [2.75, 3.05) is 32.8 Å². The predicted octanol–water partition coefficient (Wildman–Crippen LogP) is 5.87. The zero-order valence-corrected chi connectivity index (χ0v) is 19.2. The topological polar surface area (TPSA) is 41.9 Å². The summed E-state index contributed by atoms with van der Waals surface area (Å²) in [4.78, 5) is 2.32. The van der Waals surface area contributed by atoms with Crippen LogP contribution in [0.5, 0.6) is 17.2 Å². The van der Waals surface area contributed by atoms with Crippen molar-refractivity contribution in [2.24, 2.45) is 0 Å². The van der Waals surface area contributed by atoms with Crippen molar-refractivity contribution in [3.05, 3.63) is 88.2 Å². The smallest absolute Gasteiger partial charge is 0.200 e. The first-order chi connectivity index (χ1) is 17.3. The lowest BCUT2D eigenvalue weighted by Crippen LogP contribution is -2.28. The van der Waals surface area contributed by atoms with E-state index in [0.717, 1.165) is 19.6 Å². The molecular weight excluding hydrogens is 481 g/mol. The Morgan fingerprint density at radius 3 is 2.17 bits per heavy atom. The molecule has 3 aromatic rings. The Balaban J connectivity index is 1.49. The van der Waals surface area contributed by atoms with Crippen molar-refractivity contribution < 1.29 is 36.5 Å². The molecule has 1 fully saturated rings. The van der Waals surface area contributed by atoms with Crippen molar-refractivity contribution in [3.63, 3.8) is 0 Å². The lowest BCUT2D eigenvalue weighted by Gasteiger charge is -2.35. The van der Waals surface area contributed by atoms with Gasteiger partial charge in [0.25, 0.3) is 0 Å². The van der Waals surface area contributed by atoms with Crippen molar-refractivity contribution in [2.45, 2.75) is 24.7 Å². The molecule has 0 bridgehead atoms. The molecule has 0 aliphatic carbocycles. The second-order valence-electron chi connectivity index (χ2n) is 9.07. The van der Waals surface area contributed by atoms with Gasteiger partial charge in [0.05, 0.1) is 6.61 Å². The average molecular weight is 505 g/mol. The molecule has 2 heterocycles. The second-order valence-corrected chi connectivity index (χ2v) is 9.07. The number of hydrogen-bond donors (Lipinski definition) is 1. The molecule has 9 heteroatoms. The summed E-state index contributed by atoms with van der Waals surface area (Å²) in [6.07, 6.45) is 2.37. The summed E-state index contributed by atoms with van der Waals surface area (Å²) in [5.74, 6) is -11.2. The van der Waals surface area contributed by atoms with E-state index in [-0.39, 0.29) is 18.1 Å². The molecule has 0 aromatic heterocycles. The van der Waals surface area contributed by atoms with Gasteiger partial charge in [0.2, 0.25) is 5.82 Å². The minimum Gasteiger partial charge on any atom is -0.508 e. The van der Waals surface area contributed by atoms with Gasteiger partial charge in [-0.25, -0.2) is 22.0 Å². The van der Waals surface area contributed by atoms with Crippen molar-refractivity contribution in [1.82, 2.24) is 4.90 Å². The molecule has 1 N–H and O–H groups in total. The van der Waals surface area contributed by atoms with Gasteiger partial charge < -0.3 is 14.6 Å². The minimum atomic E-state index is -2.21. The lowest BCUT2D eigenvalue weighted by atomic mass is 9.75. The van der Waals surface area contributed by atoms with Crippen LogP contribution >= 0.6 is 0 Å². The largest absolute Gasteiger partial charge is 0.508 e. The van der Waals surface area contributed by atoms with Crippen LogP contribution in [0.1, 0.15) is 41.4 Å². The molecule has 4 nitrogen and oxygen atoms in total. The predicted molar refractivity (Wildman–Crippen MR) is 122 cm³/mol. The van der Waals surface area contributed by atoms with Crippen LogP contribution < -0.4 is 9.47 Å². The van der Waals surface area contributed by atoms with Crippen LogP contribution in [0.15, 0.2) is 42.5 Å². The van der Waals surface area contributed by atoms with Gasteiger partial charge in [0, 0.05) is 35.6 Å². The van der Waals surface area contributed by atoms with E-state index in [1.165, 1.54) is 31.0 Å². The fraction of sp³-hybridized carbons (Fsp3) is 0.333. The van der Waals surface area contributed by atoms with Crippen molar-refractivity contribution in [1.29, 1.82) is 0 Å². The molecule has 2 atom stereocenters. The summed E-state index contributed by atoms with van der Waals surface area (Å²) in [7, 11) is 0. The molecular formula is C27H24F5NO3. The average Bonchev–Trinajstić information content (AvgIpc) is 3.40. The van der Waals surface area contributed by atoms with E-state index < -0.39 is 46.5 Å². The number of aromatic hydroxyl groups is 1. The zero-order chi connectivity index (χ0) is 25.4. The Morgan fingerprint density at radius 1 is 0.861 bits per heavy atom. The Morgan fingerprint density at radius 2 is 1.50 bits per heavy atom. The third kappa shape index (κ3) is 4.48. The van der Waals surface area contributed by atoms with E-state index in [4.69, 9.17) is 9.47 Å². The normalized spacial score (nSPS) is 19.7. The summed E-state index contributed by atoms with van der Waals surface area (Å²) in [6.45, 7) is 3.07. The first kappa shape index (κ1) is 24.4. The van der Waals surface area contributed by atoms with Crippen LogP contribution in [0.25, 0.3) is 0 Å². The number of halogens is 5. The standard InChI is InChI=1S/C27H24F5NO3/c28-23-22(24(29)26(31)27(32)25(23)30)19-14-36-20-13-16(34)5-8-18(20)21(19)15-3-6-17(7-4-15)35-12-11-33-9-1-2-10-33/h3-8,13,19,21,34H,1-2,9-12,14H2/t19-,21-/m1/s1. The fourth-order valence-electron chi connectivity index (χ4n) is 5.08. The molecule has 2 aliphatic heterocycles. The van der Waals surface area contributed by atoms with Crippen LogP contribution in [-0.4, -0.2) is 42.9 Å². The zero-order valence-electron chi connectivity index (χ0n) is 19.2. The van der Waals surface area contributed by atoms with Crippen LogP contribution in [0, 0.1) is 29.1 Å². The molecule has 0 unspecified atom stereocenters. The van der Waals surface area contributed by atoms with Gasteiger partial charge in [0.15, 0.2) is 23.3 Å². The van der Waals surface area contributed by atoms with Gasteiger partial charge >= 0.3 is 0 Å². The van der Waals surface area contributed by atoms with Gasteiger partial charge in [-0.1, -0.05) is 18.2 Å². The molecule has 190 valence electrons. The molecule has 36 heavy (non-hydrogen) atoms. The second kappa shape index (κ2) is 9.97. The van der Waals surface area contributed by atoms with Gasteiger partial charge in [-0.3, -0.25) is 4.90 Å². The number of rotatable bonds is 6. The summed E-state index contributed by atoms with van der Waals surface area (Å²) in [5.41, 5.74) is 0.0998. The van der Waals surface area contributed by atoms with Crippen LogP contribution in [0.2, 0.25) is 0 Å². The monoisotopic (exact) mass is 505 g/mol. The van der Waals surface area contributed by atoms with Crippen LogP contribution in [-0.2, 0) is 0 Å². The Hall–Kier alpha value is -3.33. The quantitative estimate of drug-likeness (QED) is 0.259. The molecule has 0 amide bonds. The molecule has 0 saturated carbocycles.